The Morgan fingerprint density at radius 2 is 2.05 bits per heavy atom. The first-order chi connectivity index (χ1) is 9.43. The molecule has 1 aromatic heterocycles. The fourth-order valence-corrected chi connectivity index (χ4v) is 1.51. The Kier molecular flexibility index (Phi) is 5.71. The van der Waals surface area contributed by atoms with Gasteiger partial charge in [-0.05, 0) is 18.2 Å². The molecule has 1 rings (SSSR count). The zero-order chi connectivity index (χ0) is 15.1. The molecule has 0 saturated heterocycles. The molecule has 0 bridgehead atoms. The number of nitrogens with one attached hydrogen (secondary N) is 1. The zero-order valence-corrected chi connectivity index (χ0v) is 12.1. The summed E-state index contributed by atoms with van der Waals surface area (Å²) < 4.78 is 0. The molecular weight excluding hydrogens is 256 g/mol. The van der Waals surface area contributed by atoms with Crippen molar-refractivity contribution in [2.24, 2.45) is 0 Å². The van der Waals surface area contributed by atoms with E-state index in [1.54, 1.807) is 7.05 Å². The van der Waals surface area contributed by atoms with E-state index in [4.69, 9.17) is 0 Å². The second-order valence-corrected chi connectivity index (χ2v) is 4.56. The highest BCUT2D eigenvalue weighted by Gasteiger charge is 2.10. The maximum absolute atomic E-state index is 11.7. The van der Waals surface area contributed by atoms with Crippen molar-refractivity contribution in [3.05, 3.63) is 36.5 Å². The van der Waals surface area contributed by atoms with Crippen molar-refractivity contribution in [3.63, 3.8) is 0 Å². The summed E-state index contributed by atoms with van der Waals surface area (Å²) in [6, 6.07) is 5.62. The number of likely N-dealkylation sites (N-methyl/N-ethyl adjacent to an activating group) is 1. The van der Waals surface area contributed by atoms with Gasteiger partial charge in [0.05, 0.1) is 18.8 Å². The molecule has 1 aromatic rings. The topological polar surface area (TPSA) is 65.5 Å². The number of hydrogen-bond acceptors (Lipinski definition) is 4. The molecule has 2 amide bonds. The van der Waals surface area contributed by atoms with Gasteiger partial charge < -0.3 is 15.1 Å². The normalized spacial score (nSPS) is 9.75. The van der Waals surface area contributed by atoms with Crippen LogP contribution in [0.4, 0.5) is 5.82 Å². The SMILES string of the molecule is C=CC(=O)N(C)CC(=O)NCc1cccc(N(C)C)n1. The Balaban J connectivity index is 2.50. The lowest BCUT2D eigenvalue weighted by atomic mass is 10.3. The van der Waals surface area contributed by atoms with Crippen molar-refractivity contribution in [1.29, 1.82) is 0 Å². The summed E-state index contributed by atoms with van der Waals surface area (Å²) in [5, 5.41) is 2.73. The van der Waals surface area contributed by atoms with Crippen molar-refractivity contribution in [2.75, 3.05) is 32.6 Å². The van der Waals surface area contributed by atoms with E-state index in [0.29, 0.717) is 6.54 Å². The summed E-state index contributed by atoms with van der Waals surface area (Å²) in [6.07, 6.45) is 1.18. The first-order valence-corrected chi connectivity index (χ1v) is 6.21. The van der Waals surface area contributed by atoms with E-state index in [2.05, 4.69) is 16.9 Å². The van der Waals surface area contributed by atoms with Crippen LogP contribution in [0.15, 0.2) is 30.9 Å². The Labute approximate surface area is 119 Å². The number of hydrogen-bond donors (Lipinski definition) is 1. The molecule has 20 heavy (non-hydrogen) atoms. The monoisotopic (exact) mass is 276 g/mol. The minimum Gasteiger partial charge on any atom is -0.363 e. The van der Waals surface area contributed by atoms with Crippen molar-refractivity contribution < 1.29 is 9.59 Å². The Morgan fingerprint density at radius 1 is 1.35 bits per heavy atom. The van der Waals surface area contributed by atoms with E-state index in [1.165, 1.54) is 11.0 Å². The van der Waals surface area contributed by atoms with Crippen LogP contribution in [0.3, 0.4) is 0 Å². The second-order valence-electron chi connectivity index (χ2n) is 4.56. The fourth-order valence-electron chi connectivity index (χ4n) is 1.51. The van der Waals surface area contributed by atoms with E-state index in [1.807, 2.05) is 37.2 Å². The lowest BCUT2D eigenvalue weighted by Gasteiger charge is -2.15. The van der Waals surface area contributed by atoms with Gasteiger partial charge in [0, 0.05) is 21.1 Å². The highest BCUT2D eigenvalue weighted by Crippen LogP contribution is 2.07. The molecule has 0 saturated carbocycles. The smallest absolute Gasteiger partial charge is 0.246 e. The van der Waals surface area contributed by atoms with Gasteiger partial charge in [-0.1, -0.05) is 12.6 Å². The molecule has 0 radical (unpaired) electrons. The number of carbonyl (C=O) groups excluding carboxylic acids is 2. The number of anilines is 1. The van der Waals surface area contributed by atoms with Crippen molar-refractivity contribution in [1.82, 2.24) is 15.2 Å². The molecule has 0 aliphatic heterocycles. The van der Waals surface area contributed by atoms with Gasteiger partial charge >= 0.3 is 0 Å². The average Bonchev–Trinajstić information content (AvgIpc) is 2.44. The molecule has 0 aromatic carbocycles. The molecule has 0 aliphatic carbocycles. The summed E-state index contributed by atoms with van der Waals surface area (Å²) in [5.74, 6) is 0.309. The maximum atomic E-state index is 11.7. The molecule has 0 atom stereocenters. The summed E-state index contributed by atoms with van der Waals surface area (Å²) in [6.45, 7) is 3.70. The molecule has 0 fully saturated rings. The summed E-state index contributed by atoms with van der Waals surface area (Å²) in [5.41, 5.74) is 0.766. The minimum atomic E-state index is -0.284. The Bertz CT molecular complexity index is 500. The molecule has 108 valence electrons. The molecule has 0 unspecified atom stereocenters. The van der Waals surface area contributed by atoms with Crippen LogP contribution in [0.2, 0.25) is 0 Å². The Morgan fingerprint density at radius 3 is 2.65 bits per heavy atom. The maximum Gasteiger partial charge on any atom is 0.246 e. The molecule has 6 nitrogen and oxygen atoms in total. The van der Waals surface area contributed by atoms with E-state index >= 15 is 0 Å². The Hall–Kier alpha value is -2.37. The quantitative estimate of drug-likeness (QED) is 0.764. The standard InChI is InChI=1S/C14H20N4O2/c1-5-14(20)18(4)10-13(19)15-9-11-7-6-8-12(16-11)17(2)3/h5-8H,1,9-10H2,2-4H3,(H,15,19). The van der Waals surface area contributed by atoms with Crippen LogP contribution in [-0.2, 0) is 16.1 Å². The van der Waals surface area contributed by atoms with Crippen molar-refractivity contribution in [3.8, 4) is 0 Å². The van der Waals surface area contributed by atoms with Crippen LogP contribution in [0.25, 0.3) is 0 Å². The van der Waals surface area contributed by atoms with E-state index in [9.17, 15) is 9.59 Å². The number of amides is 2. The van der Waals surface area contributed by atoms with E-state index in [-0.39, 0.29) is 18.4 Å². The first kappa shape index (κ1) is 15.7. The number of pyridine rings is 1. The van der Waals surface area contributed by atoms with Crippen LogP contribution in [-0.4, -0.2) is 49.4 Å². The van der Waals surface area contributed by atoms with E-state index < -0.39 is 0 Å². The number of aromatic nitrogens is 1. The van der Waals surface area contributed by atoms with Crippen LogP contribution in [0, 0.1) is 0 Å². The van der Waals surface area contributed by atoms with Gasteiger partial charge in [-0.3, -0.25) is 9.59 Å². The third kappa shape index (κ3) is 4.72. The molecule has 6 heteroatoms. The van der Waals surface area contributed by atoms with Gasteiger partial charge in [0.2, 0.25) is 11.8 Å². The fraction of sp³-hybridized carbons (Fsp3) is 0.357. The number of carbonyl (C=O) groups is 2. The molecular formula is C14H20N4O2. The van der Waals surface area contributed by atoms with Crippen LogP contribution < -0.4 is 10.2 Å². The summed E-state index contributed by atoms with van der Waals surface area (Å²) in [4.78, 5) is 30.5. The van der Waals surface area contributed by atoms with Gasteiger partial charge in [-0.15, -0.1) is 0 Å². The zero-order valence-electron chi connectivity index (χ0n) is 12.1. The minimum absolute atomic E-state index is 0.00176. The molecule has 1 heterocycles. The van der Waals surface area contributed by atoms with Crippen LogP contribution in [0.5, 0.6) is 0 Å². The van der Waals surface area contributed by atoms with Gasteiger partial charge in [0.15, 0.2) is 0 Å². The van der Waals surface area contributed by atoms with Gasteiger partial charge in [-0.2, -0.15) is 0 Å². The average molecular weight is 276 g/mol. The van der Waals surface area contributed by atoms with Gasteiger partial charge in [0.25, 0.3) is 0 Å². The number of rotatable bonds is 6. The largest absolute Gasteiger partial charge is 0.363 e. The third-order valence-corrected chi connectivity index (χ3v) is 2.65. The van der Waals surface area contributed by atoms with Crippen molar-refractivity contribution >= 4 is 17.6 Å². The number of nitrogens with zero attached hydrogens (tertiary/aromatic N) is 3. The highest BCUT2D eigenvalue weighted by molar-refractivity contribution is 5.90. The molecule has 0 aliphatic rings. The van der Waals surface area contributed by atoms with Gasteiger partial charge in [0.1, 0.15) is 5.82 Å². The third-order valence-electron chi connectivity index (χ3n) is 2.65. The summed E-state index contributed by atoms with van der Waals surface area (Å²) in [7, 11) is 5.36. The van der Waals surface area contributed by atoms with Gasteiger partial charge in [-0.25, -0.2) is 4.98 Å². The predicted molar refractivity (Wildman–Crippen MR) is 78.2 cm³/mol. The lowest BCUT2D eigenvalue weighted by Crippen LogP contribution is -2.37. The van der Waals surface area contributed by atoms with E-state index in [0.717, 1.165) is 11.5 Å². The van der Waals surface area contributed by atoms with Crippen molar-refractivity contribution in [2.45, 2.75) is 6.54 Å². The second kappa shape index (κ2) is 7.28. The lowest BCUT2D eigenvalue weighted by molar-refractivity contribution is -0.131. The highest BCUT2D eigenvalue weighted by atomic mass is 16.2. The van der Waals surface area contributed by atoms with Crippen LogP contribution in [0.1, 0.15) is 5.69 Å². The van der Waals surface area contributed by atoms with Crippen LogP contribution >= 0.6 is 0 Å². The predicted octanol–water partition coefficient (Wildman–Crippen LogP) is 0.408. The summed E-state index contributed by atoms with van der Waals surface area (Å²) >= 11 is 0. The first-order valence-electron chi connectivity index (χ1n) is 6.21. The molecule has 1 N–H and O–H groups in total. The molecule has 0 spiro atoms.